The van der Waals surface area contributed by atoms with Crippen LogP contribution in [0.5, 0.6) is 5.75 Å². The topological polar surface area (TPSA) is 87.7 Å². The Morgan fingerprint density at radius 1 is 1.04 bits per heavy atom. The standard InChI is InChI=1S/C20H22N2O4.ClH/c23-18-12-21-10-16(18)11-22-19(24)13-26-17-8-6-15(7-9-17)20(25)14-4-2-1-3-5-14;/h1-9,16,18,21,23H,10-13H2,(H,22,24);1H. The lowest BCUT2D eigenvalue weighted by Gasteiger charge is -2.14. The lowest BCUT2D eigenvalue weighted by Crippen LogP contribution is -2.36. The van der Waals surface area contributed by atoms with Gasteiger partial charge < -0.3 is 20.5 Å². The first-order valence-corrected chi connectivity index (χ1v) is 8.61. The van der Waals surface area contributed by atoms with Gasteiger partial charge in [-0.05, 0) is 24.3 Å². The summed E-state index contributed by atoms with van der Waals surface area (Å²) in [5.74, 6) is 0.252. The first kappa shape index (κ1) is 20.9. The van der Waals surface area contributed by atoms with Crippen LogP contribution in [0.1, 0.15) is 15.9 Å². The number of carbonyl (C=O) groups is 2. The molecule has 1 aliphatic heterocycles. The van der Waals surface area contributed by atoms with Crippen LogP contribution in [0, 0.1) is 5.92 Å². The zero-order valence-corrected chi connectivity index (χ0v) is 15.6. The summed E-state index contributed by atoms with van der Waals surface area (Å²) in [5, 5.41) is 15.5. The molecule has 3 rings (SSSR count). The average molecular weight is 391 g/mol. The maximum atomic E-state index is 12.3. The van der Waals surface area contributed by atoms with E-state index in [9.17, 15) is 14.7 Å². The summed E-state index contributed by atoms with van der Waals surface area (Å²) in [4.78, 5) is 24.2. The van der Waals surface area contributed by atoms with Crippen molar-refractivity contribution >= 4 is 24.1 Å². The number of ketones is 1. The first-order chi connectivity index (χ1) is 12.6. The minimum atomic E-state index is -0.425. The fourth-order valence-electron chi connectivity index (χ4n) is 2.83. The molecule has 27 heavy (non-hydrogen) atoms. The number of rotatable bonds is 7. The largest absolute Gasteiger partial charge is 0.484 e. The van der Waals surface area contributed by atoms with Gasteiger partial charge in [0.15, 0.2) is 12.4 Å². The Kier molecular flexibility index (Phi) is 7.79. The second-order valence-corrected chi connectivity index (χ2v) is 6.30. The van der Waals surface area contributed by atoms with Crippen molar-refractivity contribution < 1.29 is 19.4 Å². The van der Waals surface area contributed by atoms with Crippen LogP contribution in [0.2, 0.25) is 0 Å². The van der Waals surface area contributed by atoms with Crippen molar-refractivity contribution in [3.8, 4) is 5.75 Å². The Morgan fingerprint density at radius 3 is 2.33 bits per heavy atom. The Labute approximate surface area is 164 Å². The predicted octanol–water partition coefficient (Wildman–Crippen LogP) is 1.41. The highest BCUT2D eigenvalue weighted by Gasteiger charge is 2.24. The lowest BCUT2D eigenvalue weighted by molar-refractivity contribution is -0.123. The zero-order chi connectivity index (χ0) is 18.4. The van der Waals surface area contributed by atoms with Gasteiger partial charge >= 0.3 is 0 Å². The van der Waals surface area contributed by atoms with Crippen molar-refractivity contribution in [1.29, 1.82) is 0 Å². The van der Waals surface area contributed by atoms with Gasteiger partial charge in [0, 0.05) is 36.7 Å². The van der Waals surface area contributed by atoms with E-state index in [-0.39, 0.29) is 36.6 Å². The Balaban J connectivity index is 0.00000261. The summed E-state index contributed by atoms with van der Waals surface area (Å²) >= 11 is 0. The number of nitrogens with one attached hydrogen (secondary N) is 2. The number of halogens is 1. The molecule has 0 aliphatic carbocycles. The fourth-order valence-corrected chi connectivity index (χ4v) is 2.83. The average Bonchev–Trinajstić information content (AvgIpc) is 3.10. The van der Waals surface area contributed by atoms with Crippen LogP contribution in [-0.2, 0) is 4.79 Å². The van der Waals surface area contributed by atoms with E-state index in [0.29, 0.717) is 36.5 Å². The first-order valence-electron chi connectivity index (χ1n) is 8.61. The van der Waals surface area contributed by atoms with Crippen molar-refractivity contribution in [2.24, 2.45) is 5.92 Å². The molecule has 2 atom stereocenters. The van der Waals surface area contributed by atoms with Crippen molar-refractivity contribution in [3.63, 3.8) is 0 Å². The Bertz CT molecular complexity index is 752. The van der Waals surface area contributed by atoms with Crippen LogP contribution >= 0.6 is 12.4 Å². The monoisotopic (exact) mass is 390 g/mol. The van der Waals surface area contributed by atoms with Gasteiger partial charge in [0.2, 0.25) is 0 Å². The zero-order valence-electron chi connectivity index (χ0n) is 14.8. The molecule has 1 heterocycles. The van der Waals surface area contributed by atoms with Crippen molar-refractivity contribution in [3.05, 3.63) is 65.7 Å². The third kappa shape index (κ3) is 5.79. The van der Waals surface area contributed by atoms with Gasteiger partial charge in [0.1, 0.15) is 5.75 Å². The number of hydrogen-bond acceptors (Lipinski definition) is 5. The second kappa shape index (κ2) is 10.1. The summed E-state index contributed by atoms with van der Waals surface area (Å²) in [7, 11) is 0. The second-order valence-electron chi connectivity index (χ2n) is 6.30. The number of amides is 1. The number of benzene rings is 2. The van der Waals surface area contributed by atoms with E-state index in [1.54, 1.807) is 36.4 Å². The van der Waals surface area contributed by atoms with Gasteiger partial charge in [-0.3, -0.25) is 9.59 Å². The Hall–Kier alpha value is -2.41. The van der Waals surface area contributed by atoms with E-state index in [0.717, 1.165) is 0 Å². The molecule has 2 unspecified atom stereocenters. The van der Waals surface area contributed by atoms with Crippen LogP contribution < -0.4 is 15.4 Å². The summed E-state index contributed by atoms with van der Waals surface area (Å²) < 4.78 is 5.45. The number of hydrogen-bond donors (Lipinski definition) is 3. The van der Waals surface area contributed by atoms with E-state index < -0.39 is 6.10 Å². The van der Waals surface area contributed by atoms with Crippen LogP contribution in [0.3, 0.4) is 0 Å². The number of β-amino-alcohol motifs (C(OH)–C–C–N with tert-alkyl or cyclic N) is 1. The van der Waals surface area contributed by atoms with Gasteiger partial charge in [-0.1, -0.05) is 30.3 Å². The molecule has 1 aliphatic rings. The minimum absolute atomic E-state index is 0. The van der Waals surface area contributed by atoms with Crippen LogP contribution in [0.25, 0.3) is 0 Å². The van der Waals surface area contributed by atoms with Gasteiger partial charge in [-0.25, -0.2) is 0 Å². The molecule has 2 aromatic carbocycles. The maximum absolute atomic E-state index is 12.3. The van der Waals surface area contributed by atoms with Crippen LogP contribution in [0.4, 0.5) is 0 Å². The Morgan fingerprint density at radius 2 is 1.70 bits per heavy atom. The molecule has 1 fully saturated rings. The summed E-state index contributed by atoms with van der Waals surface area (Å²) in [5.41, 5.74) is 1.19. The highest BCUT2D eigenvalue weighted by Crippen LogP contribution is 2.15. The molecule has 0 bridgehead atoms. The summed E-state index contributed by atoms with van der Waals surface area (Å²) in [6.07, 6.45) is -0.425. The summed E-state index contributed by atoms with van der Waals surface area (Å²) in [6.45, 7) is 1.56. The van der Waals surface area contributed by atoms with E-state index in [4.69, 9.17) is 4.74 Å². The number of aliphatic hydroxyl groups is 1. The van der Waals surface area contributed by atoms with Gasteiger partial charge in [0.25, 0.3) is 5.91 Å². The SMILES string of the molecule is Cl.O=C(COc1ccc(C(=O)c2ccccc2)cc1)NCC1CNCC1O. The molecular formula is C20H23ClN2O4. The number of aliphatic hydroxyl groups excluding tert-OH is 1. The normalized spacial score (nSPS) is 18.4. The molecule has 2 aromatic rings. The number of ether oxygens (including phenoxy) is 1. The van der Waals surface area contributed by atoms with E-state index in [1.807, 2.05) is 18.2 Å². The molecule has 6 nitrogen and oxygen atoms in total. The lowest BCUT2D eigenvalue weighted by atomic mass is 10.0. The number of carbonyl (C=O) groups excluding carboxylic acids is 2. The molecule has 7 heteroatoms. The smallest absolute Gasteiger partial charge is 0.257 e. The van der Waals surface area contributed by atoms with Gasteiger partial charge in [0.05, 0.1) is 6.10 Å². The van der Waals surface area contributed by atoms with Crippen LogP contribution in [0.15, 0.2) is 54.6 Å². The van der Waals surface area contributed by atoms with E-state index in [1.165, 1.54) is 0 Å². The molecule has 0 aromatic heterocycles. The van der Waals surface area contributed by atoms with E-state index in [2.05, 4.69) is 10.6 Å². The van der Waals surface area contributed by atoms with Gasteiger partial charge in [-0.2, -0.15) is 0 Å². The van der Waals surface area contributed by atoms with Crippen molar-refractivity contribution in [2.75, 3.05) is 26.2 Å². The predicted molar refractivity (Wildman–Crippen MR) is 104 cm³/mol. The third-order valence-corrected chi connectivity index (χ3v) is 4.39. The van der Waals surface area contributed by atoms with Crippen molar-refractivity contribution in [1.82, 2.24) is 10.6 Å². The highest BCUT2D eigenvalue weighted by molar-refractivity contribution is 6.08. The molecule has 3 N–H and O–H groups in total. The van der Waals surface area contributed by atoms with Crippen molar-refractivity contribution in [2.45, 2.75) is 6.10 Å². The molecule has 144 valence electrons. The minimum Gasteiger partial charge on any atom is -0.484 e. The molecule has 1 saturated heterocycles. The quantitative estimate of drug-likeness (QED) is 0.622. The molecule has 1 amide bonds. The fraction of sp³-hybridized carbons (Fsp3) is 0.300. The van der Waals surface area contributed by atoms with E-state index >= 15 is 0 Å². The summed E-state index contributed by atoms with van der Waals surface area (Å²) in [6, 6.07) is 15.8. The van der Waals surface area contributed by atoms with Gasteiger partial charge in [-0.15, -0.1) is 12.4 Å². The molecular weight excluding hydrogens is 368 g/mol. The molecule has 0 spiro atoms. The third-order valence-electron chi connectivity index (χ3n) is 4.39. The maximum Gasteiger partial charge on any atom is 0.257 e. The highest BCUT2D eigenvalue weighted by atomic mass is 35.5. The molecule has 0 saturated carbocycles. The van der Waals surface area contributed by atoms with Crippen LogP contribution in [-0.4, -0.2) is 49.1 Å². The molecule has 0 radical (unpaired) electrons.